The van der Waals surface area contributed by atoms with Crippen molar-refractivity contribution in [1.29, 1.82) is 0 Å². The first-order chi connectivity index (χ1) is 7.14. The zero-order valence-electron chi connectivity index (χ0n) is 7.51. The predicted octanol–water partition coefficient (Wildman–Crippen LogP) is 1.86. The minimum absolute atomic E-state index is 0.244. The molecule has 0 N–H and O–H groups in total. The van der Waals surface area contributed by atoms with Gasteiger partial charge in [-0.1, -0.05) is 24.3 Å². The topological polar surface area (TPSA) is 52.6 Å². The first-order valence-corrected chi connectivity index (χ1v) is 5.64. The third-order valence-corrected chi connectivity index (χ3v) is 2.96. The number of hydrogen-bond acceptors (Lipinski definition) is 4. The quantitative estimate of drug-likeness (QED) is 0.682. The molecule has 0 saturated heterocycles. The van der Waals surface area contributed by atoms with Gasteiger partial charge in [0.25, 0.3) is 0 Å². The van der Waals surface area contributed by atoms with E-state index in [2.05, 4.69) is 8.37 Å². The summed E-state index contributed by atoms with van der Waals surface area (Å²) in [6.07, 6.45) is 0. The van der Waals surface area contributed by atoms with Gasteiger partial charge in [-0.3, -0.25) is 0 Å². The molecular formula is C10H6O4S. The number of rotatable bonds is 0. The van der Waals surface area contributed by atoms with E-state index in [0.29, 0.717) is 0 Å². The lowest BCUT2D eigenvalue weighted by molar-refractivity contribution is 0.436. The maximum Gasteiger partial charge on any atom is 0.501 e. The lowest BCUT2D eigenvalue weighted by Gasteiger charge is -1.97. The van der Waals surface area contributed by atoms with Crippen molar-refractivity contribution in [1.82, 2.24) is 0 Å². The Labute approximate surface area is 86.4 Å². The van der Waals surface area contributed by atoms with E-state index in [1.165, 1.54) is 0 Å². The Balaban J connectivity index is 2.32. The van der Waals surface area contributed by atoms with Crippen LogP contribution in [-0.4, -0.2) is 8.42 Å². The maximum atomic E-state index is 11.0. The Morgan fingerprint density at radius 3 is 1.80 bits per heavy atom. The highest BCUT2D eigenvalue weighted by Crippen LogP contribution is 2.38. The molecule has 2 aromatic rings. The van der Waals surface area contributed by atoms with Gasteiger partial charge in [-0.15, -0.1) is 8.42 Å². The van der Waals surface area contributed by atoms with Crippen molar-refractivity contribution in [3.05, 3.63) is 36.4 Å². The van der Waals surface area contributed by atoms with Crippen LogP contribution in [0.4, 0.5) is 0 Å². The highest BCUT2D eigenvalue weighted by Gasteiger charge is 2.28. The van der Waals surface area contributed by atoms with Crippen LogP contribution in [0.15, 0.2) is 36.4 Å². The van der Waals surface area contributed by atoms with E-state index in [1.807, 2.05) is 24.3 Å². The van der Waals surface area contributed by atoms with Crippen molar-refractivity contribution in [2.45, 2.75) is 0 Å². The van der Waals surface area contributed by atoms with E-state index in [1.54, 1.807) is 12.1 Å². The van der Waals surface area contributed by atoms with Gasteiger partial charge in [0.1, 0.15) is 0 Å². The Morgan fingerprint density at radius 1 is 0.867 bits per heavy atom. The summed E-state index contributed by atoms with van der Waals surface area (Å²) >= 11 is 0. The van der Waals surface area contributed by atoms with E-state index in [9.17, 15) is 8.42 Å². The standard InChI is InChI=1S/C10H6O4S/c11-15(12)13-9-5-7-3-1-2-4-8(7)6-10(9)14-15/h1-6H. The highest BCUT2D eigenvalue weighted by molar-refractivity contribution is 7.82. The van der Waals surface area contributed by atoms with Crippen LogP contribution in [0, 0.1) is 0 Å². The zero-order chi connectivity index (χ0) is 10.5. The van der Waals surface area contributed by atoms with Crippen molar-refractivity contribution in [3.8, 4) is 11.5 Å². The molecule has 0 aromatic heterocycles. The van der Waals surface area contributed by atoms with Crippen LogP contribution in [0.2, 0.25) is 0 Å². The summed E-state index contributed by atoms with van der Waals surface area (Å²) in [7, 11) is -3.88. The summed E-state index contributed by atoms with van der Waals surface area (Å²) in [6.45, 7) is 0. The third-order valence-electron chi connectivity index (χ3n) is 2.20. The van der Waals surface area contributed by atoms with E-state index in [-0.39, 0.29) is 11.5 Å². The molecule has 1 aliphatic rings. The van der Waals surface area contributed by atoms with Gasteiger partial charge in [-0.05, 0) is 22.9 Å². The van der Waals surface area contributed by atoms with E-state index in [4.69, 9.17) is 0 Å². The lowest BCUT2D eigenvalue weighted by atomic mass is 10.1. The van der Waals surface area contributed by atoms with Crippen molar-refractivity contribution < 1.29 is 16.8 Å². The van der Waals surface area contributed by atoms with E-state index < -0.39 is 10.4 Å². The molecule has 4 nitrogen and oxygen atoms in total. The molecule has 3 rings (SSSR count). The lowest BCUT2D eigenvalue weighted by Crippen LogP contribution is -2.07. The van der Waals surface area contributed by atoms with Gasteiger partial charge in [0.2, 0.25) is 0 Å². The predicted molar refractivity (Wildman–Crippen MR) is 54.1 cm³/mol. The second kappa shape index (κ2) is 2.64. The van der Waals surface area contributed by atoms with Crippen LogP contribution >= 0.6 is 0 Å². The smallest absolute Gasteiger partial charge is 0.349 e. The molecule has 2 aromatic carbocycles. The van der Waals surface area contributed by atoms with Gasteiger partial charge in [0, 0.05) is 0 Å². The van der Waals surface area contributed by atoms with E-state index >= 15 is 0 Å². The highest BCUT2D eigenvalue weighted by atomic mass is 32.3. The van der Waals surface area contributed by atoms with Gasteiger partial charge < -0.3 is 8.37 Å². The van der Waals surface area contributed by atoms with Crippen molar-refractivity contribution in [3.63, 3.8) is 0 Å². The Morgan fingerprint density at radius 2 is 1.33 bits per heavy atom. The average molecular weight is 222 g/mol. The van der Waals surface area contributed by atoms with Crippen LogP contribution in [0.25, 0.3) is 10.8 Å². The Hall–Kier alpha value is -1.75. The fourth-order valence-corrected chi connectivity index (χ4v) is 2.30. The maximum absolute atomic E-state index is 11.0. The molecule has 76 valence electrons. The average Bonchev–Trinajstić information content (AvgIpc) is 2.46. The minimum atomic E-state index is -3.88. The van der Waals surface area contributed by atoms with E-state index in [0.717, 1.165) is 10.8 Å². The molecule has 0 atom stereocenters. The summed E-state index contributed by atoms with van der Waals surface area (Å²) < 4.78 is 31.3. The SMILES string of the molecule is O=S1(=O)Oc2cc3ccccc3cc2O1. The van der Waals surface area contributed by atoms with Crippen LogP contribution in [0.1, 0.15) is 0 Å². The zero-order valence-corrected chi connectivity index (χ0v) is 8.32. The van der Waals surface area contributed by atoms with Crippen LogP contribution in [0.5, 0.6) is 11.5 Å². The van der Waals surface area contributed by atoms with Gasteiger partial charge in [0.15, 0.2) is 11.5 Å². The summed E-state index contributed by atoms with van der Waals surface area (Å²) in [4.78, 5) is 0. The fraction of sp³-hybridized carbons (Fsp3) is 0. The summed E-state index contributed by atoms with van der Waals surface area (Å²) in [5.41, 5.74) is 0. The first kappa shape index (κ1) is 8.55. The number of fused-ring (bicyclic) bond motifs is 2. The molecule has 0 fully saturated rings. The van der Waals surface area contributed by atoms with Crippen LogP contribution in [-0.2, 0) is 10.4 Å². The first-order valence-electron chi connectivity index (χ1n) is 4.31. The largest absolute Gasteiger partial charge is 0.501 e. The monoisotopic (exact) mass is 222 g/mol. The molecule has 15 heavy (non-hydrogen) atoms. The van der Waals surface area contributed by atoms with Crippen molar-refractivity contribution >= 4 is 21.2 Å². The Bertz CT molecular complexity index is 595. The minimum Gasteiger partial charge on any atom is -0.349 e. The van der Waals surface area contributed by atoms with Crippen molar-refractivity contribution in [2.24, 2.45) is 0 Å². The summed E-state index contributed by atoms with van der Waals surface area (Å²) in [5.74, 6) is 0.488. The summed E-state index contributed by atoms with van der Waals surface area (Å²) in [5, 5.41) is 1.83. The van der Waals surface area contributed by atoms with Gasteiger partial charge >= 0.3 is 10.4 Å². The number of benzene rings is 2. The van der Waals surface area contributed by atoms with Gasteiger partial charge in [0.05, 0.1) is 0 Å². The molecule has 5 heteroatoms. The van der Waals surface area contributed by atoms with Crippen LogP contribution in [0.3, 0.4) is 0 Å². The molecule has 0 radical (unpaired) electrons. The number of hydrogen-bond donors (Lipinski definition) is 0. The molecule has 0 amide bonds. The molecule has 0 bridgehead atoms. The van der Waals surface area contributed by atoms with Gasteiger partial charge in [-0.2, -0.15) is 0 Å². The normalized spacial score (nSPS) is 16.8. The molecule has 1 aliphatic heterocycles. The molecule has 1 heterocycles. The Kier molecular flexibility index (Phi) is 1.50. The second-order valence-electron chi connectivity index (χ2n) is 3.22. The molecule has 0 unspecified atom stereocenters. The third kappa shape index (κ3) is 1.32. The fourth-order valence-electron chi connectivity index (χ4n) is 1.57. The molecular weight excluding hydrogens is 216 g/mol. The molecule has 0 aliphatic carbocycles. The molecule has 0 saturated carbocycles. The van der Waals surface area contributed by atoms with Gasteiger partial charge in [-0.25, -0.2) is 0 Å². The van der Waals surface area contributed by atoms with Crippen molar-refractivity contribution in [2.75, 3.05) is 0 Å². The summed E-state index contributed by atoms with van der Waals surface area (Å²) in [6, 6.07) is 10.8. The second-order valence-corrected chi connectivity index (χ2v) is 4.37. The van der Waals surface area contributed by atoms with Crippen LogP contribution < -0.4 is 8.37 Å². The molecule has 0 spiro atoms.